The van der Waals surface area contributed by atoms with Gasteiger partial charge in [-0.2, -0.15) is 0 Å². The molecule has 1 N–H and O–H groups in total. The molecule has 0 saturated heterocycles. The highest BCUT2D eigenvalue weighted by molar-refractivity contribution is 6.32. The number of hydrogen-bond acceptors (Lipinski definition) is 4. The monoisotopic (exact) mass is 368 g/mol. The van der Waals surface area contributed by atoms with Gasteiger partial charge in [0.1, 0.15) is 13.2 Å². The Morgan fingerprint density at radius 1 is 1.12 bits per heavy atom. The zero-order valence-electron chi connectivity index (χ0n) is 14.0. The predicted molar refractivity (Wildman–Crippen MR) is 101 cm³/mol. The van der Waals surface area contributed by atoms with Crippen LogP contribution in [0.15, 0.2) is 48.7 Å². The molecule has 3 aromatic rings. The fraction of sp³-hybridized carbons (Fsp3) is 0.200. The van der Waals surface area contributed by atoms with Crippen molar-refractivity contribution in [3.8, 4) is 11.5 Å². The Balaban J connectivity index is 1.45. The van der Waals surface area contributed by atoms with Crippen molar-refractivity contribution in [1.29, 1.82) is 0 Å². The van der Waals surface area contributed by atoms with Gasteiger partial charge in [-0.3, -0.25) is 9.78 Å². The van der Waals surface area contributed by atoms with Gasteiger partial charge in [0.25, 0.3) is 0 Å². The van der Waals surface area contributed by atoms with E-state index in [1.54, 1.807) is 12.3 Å². The molecular weight excluding hydrogens is 352 g/mol. The topological polar surface area (TPSA) is 60.5 Å². The van der Waals surface area contributed by atoms with Gasteiger partial charge in [0, 0.05) is 23.0 Å². The Labute approximate surface area is 155 Å². The van der Waals surface area contributed by atoms with E-state index in [-0.39, 0.29) is 5.91 Å². The molecule has 5 nitrogen and oxygen atoms in total. The molecule has 0 radical (unpaired) electrons. The SMILES string of the molecule is O=C(CCc1ccc2c(c1)OCCO2)Nc1cc(Cl)cc2cccnc12. The second kappa shape index (κ2) is 7.22. The van der Waals surface area contributed by atoms with E-state index in [1.807, 2.05) is 36.4 Å². The van der Waals surface area contributed by atoms with Crippen molar-refractivity contribution < 1.29 is 14.3 Å². The van der Waals surface area contributed by atoms with Crippen molar-refractivity contribution in [3.63, 3.8) is 0 Å². The maximum absolute atomic E-state index is 12.4. The van der Waals surface area contributed by atoms with Crippen molar-refractivity contribution in [2.75, 3.05) is 18.5 Å². The number of benzene rings is 2. The van der Waals surface area contributed by atoms with Crippen LogP contribution >= 0.6 is 11.6 Å². The number of ether oxygens (including phenoxy) is 2. The maximum atomic E-state index is 12.4. The summed E-state index contributed by atoms with van der Waals surface area (Å²) in [4.78, 5) is 16.7. The van der Waals surface area contributed by atoms with Crippen LogP contribution in [0.1, 0.15) is 12.0 Å². The van der Waals surface area contributed by atoms with Gasteiger partial charge in [-0.15, -0.1) is 0 Å². The third kappa shape index (κ3) is 3.58. The number of carbonyl (C=O) groups excluding carboxylic acids is 1. The number of carbonyl (C=O) groups is 1. The molecule has 0 aliphatic carbocycles. The Morgan fingerprint density at radius 3 is 2.85 bits per heavy atom. The second-order valence-corrected chi connectivity index (χ2v) is 6.49. The fourth-order valence-corrected chi connectivity index (χ4v) is 3.19. The molecule has 1 aliphatic rings. The molecule has 0 spiro atoms. The van der Waals surface area contributed by atoms with Gasteiger partial charge in [0.05, 0.1) is 11.2 Å². The van der Waals surface area contributed by atoms with Crippen LogP contribution in [-0.4, -0.2) is 24.1 Å². The number of aryl methyl sites for hydroxylation is 1. The first-order valence-electron chi connectivity index (χ1n) is 8.42. The first kappa shape index (κ1) is 16.7. The molecule has 132 valence electrons. The number of fused-ring (bicyclic) bond motifs is 2. The number of halogens is 1. The third-order valence-corrected chi connectivity index (χ3v) is 4.41. The fourth-order valence-electron chi connectivity index (χ4n) is 2.96. The van der Waals surface area contributed by atoms with Gasteiger partial charge < -0.3 is 14.8 Å². The summed E-state index contributed by atoms with van der Waals surface area (Å²) in [6.45, 7) is 1.11. The molecule has 0 unspecified atom stereocenters. The zero-order valence-corrected chi connectivity index (χ0v) is 14.8. The second-order valence-electron chi connectivity index (χ2n) is 6.05. The van der Waals surface area contributed by atoms with Gasteiger partial charge in [-0.1, -0.05) is 23.7 Å². The maximum Gasteiger partial charge on any atom is 0.224 e. The molecule has 0 fully saturated rings. The minimum Gasteiger partial charge on any atom is -0.486 e. The third-order valence-electron chi connectivity index (χ3n) is 4.19. The quantitative estimate of drug-likeness (QED) is 0.748. The molecule has 6 heteroatoms. The number of pyridine rings is 1. The molecule has 2 heterocycles. The lowest BCUT2D eigenvalue weighted by Gasteiger charge is -2.18. The number of nitrogens with one attached hydrogen (secondary N) is 1. The largest absolute Gasteiger partial charge is 0.486 e. The van der Waals surface area contributed by atoms with Gasteiger partial charge in [0.15, 0.2) is 11.5 Å². The van der Waals surface area contributed by atoms with E-state index < -0.39 is 0 Å². The van der Waals surface area contributed by atoms with Crippen LogP contribution in [0.25, 0.3) is 10.9 Å². The van der Waals surface area contributed by atoms with Crippen LogP contribution in [0.5, 0.6) is 11.5 Å². The summed E-state index contributed by atoms with van der Waals surface area (Å²) in [7, 11) is 0. The lowest BCUT2D eigenvalue weighted by molar-refractivity contribution is -0.116. The number of rotatable bonds is 4. The lowest BCUT2D eigenvalue weighted by Crippen LogP contribution is -2.16. The minimum absolute atomic E-state index is 0.0888. The Bertz CT molecular complexity index is 974. The molecule has 1 amide bonds. The minimum atomic E-state index is -0.0888. The first-order chi connectivity index (χ1) is 12.7. The normalized spacial score (nSPS) is 12.8. The van der Waals surface area contributed by atoms with Crippen molar-refractivity contribution >= 4 is 34.1 Å². The van der Waals surface area contributed by atoms with E-state index >= 15 is 0 Å². The van der Waals surface area contributed by atoms with Crippen molar-refractivity contribution in [2.45, 2.75) is 12.8 Å². The molecule has 1 aromatic heterocycles. The highest BCUT2D eigenvalue weighted by Gasteiger charge is 2.13. The standard InChI is InChI=1S/C20H17ClN2O3/c21-15-11-14-2-1-7-22-20(14)16(12-15)23-19(24)6-4-13-3-5-17-18(10-13)26-9-8-25-17/h1-3,5,7,10-12H,4,6,8-9H2,(H,23,24). The van der Waals surface area contributed by atoms with Crippen molar-refractivity contribution in [3.05, 3.63) is 59.2 Å². The summed E-state index contributed by atoms with van der Waals surface area (Å²) in [6.07, 6.45) is 2.65. The van der Waals surface area contributed by atoms with Crippen molar-refractivity contribution in [1.82, 2.24) is 4.98 Å². The number of amides is 1. The summed E-state index contributed by atoms with van der Waals surface area (Å²) in [5, 5.41) is 4.37. The zero-order chi connectivity index (χ0) is 17.9. The van der Waals surface area contributed by atoms with Gasteiger partial charge in [0.2, 0.25) is 5.91 Å². The van der Waals surface area contributed by atoms with Crippen LogP contribution in [0.3, 0.4) is 0 Å². The van der Waals surface area contributed by atoms with Crippen LogP contribution < -0.4 is 14.8 Å². The molecule has 26 heavy (non-hydrogen) atoms. The van der Waals surface area contributed by atoms with E-state index in [9.17, 15) is 4.79 Å². The summed E-state index contributed by atoms with van der Waals surface area (Å²) in [5.74, 6) is 1.40. The van der Waals surface area contributed by atoms with E-state index in [1.165, 1.54) is 0 Å². The summed E-state index contributed by atoms with van der Waals surface area (Å²) in [6, 6.07) is 13.1. The van der Waals surface area contributed by atoms with Crippen molar-refractivity contribution in [2.24, 2.45) is 0 Å². The van der Waals surface area contributed by atoms with Crippen LogP contribution in [0.2, 0.25) is 5.02 Å². The average Bonchev–Trinajstić information content (AvgIpc) is 2.66. The van der Waals surface area contributed by atoms with E-state index in [0.29, 0.717) is 36.8 Å². The molecule has 1 aliphatic heterocycles. The van der Waals surface area contributed by atoms with Crippen LogP contribution in [0, 0.1) is 0 Å². The summed E-state index contributed by atoms with van der Waals surface area (Å²) >= 11 is 6.14. The molecule has 0 saturated carbocycles. The van der Waals surface area contributed by atoms with Gasteiger partial charge in [-0.25, -0.2) is 0 Å². The number of aromatic nitrogens is 1. The summed E-state index contributed by atoms with van der Waals surface area (Å²) < 4.78 is 11.1. The smallest absolute Gasteiger partial charge is 0.224 e. The number of nitrogens with zero attached hydrogens (tertiary/aromatic N) is 1. The highest BCUT2D eigenvalue weighted by atomic mass is 35.5. The first-order valence-corrected chi connectivity index (χ1v) is 8.79. The van der Waals surface area contributed by atoms with Crippen LogP contribution in [0.4, 0.5) is 5.69 Å². The average molecular weight is 369 g/mol. The number of anilines is 1. The van der Waals surface area contributed by atoms with Crippen LogP contribution in [-0.2, 0) is 11.2 Å². The van der Waals surface area contributed by atoms with Gasteiger partial charge >= 0.3 is 0 Å². The molecule has 2 aromatic carbocycles. The molecule has 4 rings (SSSR count). The molecule has 0 bridgehead atoms. The van der Waals surface area contributed by atoms with E-state index in [0.717, 1.165) is 28.0 Å². The molecular formula is C20H17ClN2O3. The predicted octanol–water partition coefficient (Wildman–Crippen LogP) is 4.23. The summed E-state index contributed by atoms with van der Waals surface area (Å²) in [5.41, 5.74) is 2.38. The Morgan fingerprint density at radius 2 is 1.96 bits per heavy atom. The van der Waals surface area contributed by atoms with E-state index in [2.05, 4.69) is 10.3 Å². The Hall–Kier alpha value is -2.79. The molecule has 0 atom stereocenters. The van der Waals surface area contributed by atoms with E-state index in [4.69, 9.17) is 21.1 Å². The van der Waals surface area contributed by atoms with Gasteiger partial charge in [-0.05, 0) is 42.3 Å². The lowest BCUT2D eigenvalue weighted by atomic mass is 10.1. The number of hydrogen-bond donors (Lipinski definition) is 1. The highest BCUT2D eigenvalue weighted by Crippen LogP contribution is 2.31. The Kier molecular flexibility index (Phi) is 4.63.